The minimum Gasteiger partial charge on any atom is -0.477 e. The SMILES string of the molecule is CCCC(C)(C)NC(=O)c1nc[nH]c1C(=O)O. The number of carbonyl (C=O) groups is 2. The number of aromatic carboxylic acids is 1. The number of carboxylic acid groups (broad SMARTS) is 1. The molecule has 1 aromatic rings. The van der Waals surface area contributed by atoms with E-state index in [1.54, 1.807) is 0 Å². The lowest BCUT2D eigenvalue weighted by Crippen LogP contribution is -2.43. The Hall–Kier alpha value is -1.85. The van der Waals surface area contributed by atoms with E-state index in [9.17, 15) is 9.59 Å². The molecule has 3 N–H and O–H groups in total. The second-order valence-electron chi connectivity index (χ2n) is 4.52. The van der Waals surface area contributed by atoms with E-state index < -0.39 is 11.9 Å². The van der Waals surface area contributed by atoms with Crippen LogP contribution in [0.25, 0.3) is 0 Å². The topological polar surface area (TPSA) is 95.1 Å². The fourth-order valence-corrected chi connectivity index (χ4v) is 1.68. The molecule has 0 aliphatic heterocycles. The van der Waals surface area contributed by atoms with Gasteiger partial charge in [-0.2, -0.15) is 0 Å². The Morgan fingerprint density at radius 3 is 2.71 bits per heavy atom. The molecule has 0 fully saturated rings. The third-order valence-electron chi connectivity index (χ3n) is 2.40. The number of amides is 1. The molecule has 0 saturated carbocycles. The van der Waals surface area contributed by atoms with E-state index in [0.717, 1.165) is 12.8 Å². The van der Waals surface area contributed by atoms with Gasteiger partial charge in [0.15, 0.2) is 11.4 Å². The summed E-state index contributed by atoms with van der Waals surface area (Å²) in [5.41, 5.74) is -0.642. The lowest BCUT2D eigenvalue weighted by molar-refractivity contribution is 0.0683. The summed E-state index contributed by atoms with van der Waals surface area (Å²) >= 11 is 0. The Balaban J connectivity index is 2.83. The number of aromatic amines is 1. The van der Waals surface area contributed by atoms with Gasteiger partial charge in [0.2, 0.25) is 0 Å². The quantitative estimate of drug-likeness (QED) is 0.724. The summed E-state index contributed by atoms with van der Waals surface area (Å²) in [4.78, 5) is 28.9. The van der Waals surface area contributed by atoms with E-state index in [0.29, 0.717) is 0 Å². The van der Waals surface area contributed by atoms with Crippen LogP contribution in [-0.4, -0.2) is 32.5 Å². The Morgan fingerprint density at radius 1 is 1.53 bits per heavy atom. The Kier molecular flexibility index (Phi) is 3.88. The van der Waals surface area contributed by atoms with Crippen LogP contribution in [0.3, 0.4) is 0 Å². The van der Waals surface area contributed by atoms with Crippen LogP contribution in [-0.2, 0) is 0 Å². The second-order valence-corrected chi connectivity index (χ2v) is 4.52. The van der Waals surface area contributed by atoms with Crippen molar-refractivity contribution in [3.63, 3.8) is 0 Å². The maximum absolute atomic E-state index is 11.9. The van der Waals surface area contributed by atoms with Gasteiger partial charge in [0.05, 0.1) is 6.33 Å². The average molecular weight is 239 g/mol. The summed E-state index contributed by atoms with van der Waals surface area (Å²) in [5, 5.41) is 11.6. The molecule has 6 nitrogen and oxygen atoms in total. The van der Waals surface area contributed by atoms with Crippen molar-refractivity contribution in [2.75, 3.05) is 0 Å². The maximum Gasteiger partial charge on any atom is 0.354 e. The lowest BCUT2D eigenvalue weighted by Gasteiger charge is -2.25. The third kappa shape index (κ3) is 3.30. The van der Waals surface area contributed by atoms with Gasteiger partial charge in [-0.15, -0.1) is 0 Å². The number of nitrogens with zero attached hydrogens (tertiary/aromatic N) is 1. The Labute approximate surface area is 99.4 Å². The zero-order chi connectivity index (χ0) is 13.1. The van der Waals surface area contributed by atoms with Crippen LogP contribution in [0.5, 0.6) is 0 Å². The Bertz CT molecular complexity index is 423. The number of carbonyl (C=O) groups excluding carboxylic acids is 1. The molecule has 6 heteroatoms. The molecule has 0 spiro atoms. The van der Waals surface area contributed by atoms with Crippen LogP contribution in [0.15, 0.2) is 6.33 Å². The first-order valence-electron chi connectivity index (χ1n) is 5.46. The van der Waals surface area contributed by atoms with Crippen molar-refractivity contribution in [1.82, 2.24) is 15.3 Å². The fourth-order valence-electron chi connectivity index (χ4n) is 1.68. The third-order valence-corrected chi connectivity index (χ3v) is 2.40. The zero-order valence-electron chi connectivity index (χ0n) is 10.2. The fraction of sp³-hybridized carbons (Fsp3) is 0.545. The highest BCUT2D eigenvalue weighted by Crippen LogP contribution is 2.12. The molecule has 0 radical (unpaired) electrons. The van der Waals surface area contributed by atoms with Crippen molar-refractivity contribution in [2.24, 2.45) is 0 Å². The number of H-pyrrole nitrogens is 1. The number of carboxylic acids is 1. The molecular formula is C11H17N3O3. The van der Waals surface area contributed by atoms with Crippen molar-refractivity contribution >= 4 is 11.9 Å². The number of aromatic nitrogens is 2. The summed E-state index contributed by atoms with van der Waals surface area (Å²) < 4.78 is 0. The highest BCUT2D eigenvalue weighted by atomic mass is 16.4. The molecule has 0 aliphatic rings. The highest BCUT2D eigenvalue weighted by Gasteiger charge is 2.25. The largest absolute Gasteiger partial charge is 0.477 e. The maximum atomic E-state index is 11.9. The van der Waals surface area contributed by atoms with E-state index in [1.807, 2.05) is 20.8 Å². The predicted octanol–water partition coefficient (Wildman–Crippen LogP) is 1.42. The molecule has 0 bridgehead atoms. The number of nitrogens with one attached hydrogen (secondary N) is 2. The molecule has 94 valence electrons. The van der Waals surface area contributed by atoms with Crippen LogP contribution in [0, 0.1) is 0 Å². The first kappa shape index (κ1) is 13.2. The molecule has 0 aromatic carbocycles. The molecule has 0 saturated heterocycles. The van der Waals surface area contributed by atoms with Crippen molar-refractivity contribution in [3.05, 3.63) is 17.7 Å². The predicted molar refractivity (Wildman–Crippen MR) is 62.0 cm³/mol. The monoisotopic (exact) mass is 239 g/mol. The van der Waals surface area contributed by atoms with Crippen LogP contribution in [0.4, 0.5) is 0 Å². The number of hydrogen-bond acceptors (Lipinski definition) is 3. The van der Waals surface area contributed by atoms with Crippen molar-refractivity contribution < 1.29 is 14.7 Å². The molecule has 0 atom stereocenters. The Morgan fingerprint density at radius 2 is 2.18 bits per heavy atom. The van der Waals surface area contributed by atoms with Crippen molar-refractivity contribution in [1.29, 1.82) is 0 Å². The van der Waals surface area contributed by atoms with Gasteiger partial charge in [-0.3, -0.25) is 4.79 Å². The number of rotatable bonds is 5. The van der Waals surface area contributed by atoms with Gasteiger partial charge >= 0.3 is 5.97 Å². The normalized spacial score (nSPS) is 11.2. The van der Waals surface area contributed by atoms with Crippen LogP contribution in [0.2, 0.25) is 0 Å². The van der Waals surface area contributed by atoms with Gasteiger partial charge in [-0.1, -0.05) is 13.3 Å². The molecule has 1 aromatic heterocycles. The molecule has 0 unspecified atom stereocenters. The first-order chi connectivity index (χ1) is 7.87. The summed E-state index contributed by atoms with van der Waals surface area (Å²) in [6, 6.07) is 0. The van der Waals surface area contributed by atoms with E-state index in [-0.39, 0.29) is 16.9 Å². The second kappa shape index (κ2) is 4.99. The molecule has 0 aliphatic carbocycles. The first-order valence-corrected chi connectivity index (χ1v) is 5.46. The van der Waals surface area contributed by atoms with Crippen LogP contribution >= 0.6 is 0 Å². The smallest absolute Gasteiger partial charge is 0.354 e. The van der Waals surface area contributed by atoms with E-state index in [2.05, 4.69) is 15.3 Å². The zero-order valence-corrected chi connectivity index (χ0v) is 10.2. The van der Waals surface area contributed by atoms with Gasteiger partial charge in [-0.05, 0) is 20.3 Å². The van der Waals surface area contributed by atoms with E-state index in [1.165, 1.54) is 6.33 Å². The highest BCUT2D eigenvalue weighted by molar-refractivity contribution is 6.02. The van der Waals surface area contributed by atoms with Gasteiger partial charge < -0.3 is 15.4 Å². The summed E-state index contributed by atoms with van der Waals surface area (Å²) in [5.74, 6) is -1.66. The summed E-state index contributed by atoms with van der Waals surface area (Å²) in [6.07, 6.45) is 2.94. The minimum absolute atomic E-state index is 0.0818. The minimum atomic E-state index is -1.19. The average Bonchev–Trinajstić information content (AvgIpc) is 2.64. The van der Waals surface area contributed by atoms with E-state index in [4.69, 9.17) is 5.11 Å². The lowest BCUT2D eigenvalue weighted by atomic mass is 9.99. The molecule has 1 rings (SSSR count). The molecule has 1 amide bonds. The van der Waals surface area contributed by atoms with Crippen molar-refractivity contribution in [2.45, 2.75) is 39.2 Å². The van der Waals surface area contributed by atoms with E-state index >= 15 is 0 Å². The number of imidazole rings is 1. The van der Waals surface area contributed by atoms with Gasteiger partial charge in [0.1, 0.15) is 0 Å². The summed E-state index contributed by atoms with van der Waals surface area (Å²) in [6.45, 7) is 5.80. The molecular weight excluding hydrogens is 222 g/mol. The molecule has 17 heavy (non-hydrogen) atoms. The van der Waals surface area contributed by atoms with Crippen molar-refractivity contribution in [3.8, 4) is 0 Å². The standard InChI is InChI=1S/C11H17N3O3/c1-4-5-11(2,3)14-9(15)7-8(10(16)17)13-6-12-7/h6H,4-5H2,1-3H3,(H,12,13)(H,14,15)(H,16,17). The number of hydrogen-bond donors (Lipinski definition) is 3. The van der Waals surface area contributed by atoms with Crippen LogP contribution < -0.4 is 5.32 Å². The van der Waals surface area contributed by atoms with Gasteiger partial charge in [-0.25, -0.2) is 9.78 Å². The van der Waals surface area contributed by atoms with Gasteiger partial charge in [0, 0.05) is 5.54 Å². The van der Waals surface area contributed by atoms with Gasteiger partial charge in [0.25, 0.3) is 5.91 Å². The van der Waals surface area contributed by atoms with Crippen LogP contribution in [0.1, 0.15) is 54.6 Å². The molecule has 1 heterocycles. The summed E-state index contributed by atoms with van der Waals surface area (Å²) in [7, 11) is 0.